The van der Waals surface area contributed by atoms with E-state index in [0.717, 1.165) is 12.8 Å². The number of ether oxygens (including phenoxy) is 2. The van der Waals surface area contributed by atoms with E-state index in [2.05, 4.69) is 24.5 Å². The van der Waals surface area contributed by atoms with Crippen LogP contribution in [0.25, 0.3) is 0 Å². The third-order valence-electron chi connectivity index (χ3n) is 7.37. The molecular weight excluding hydrogens is 512 g/mol. The molecule has 40 heavy (non-hydrogen) atoms. The Morgan fingerprint density at radius 1 is 0.925 bits per heavy atom. The quantitative estimate of drug-likeness (QED) is 0.152. The van der Waals surface area contributed by atoms with Crippen molar-refractivity contribution in [3.05, 3.63) is 29.8 Å². The summed E-state index contributed by atoms with van der Waals surface area (Å²) in [7, 11) is 1.66. The van der Waals surface area contributed by atoms with Gasteiger partial charge in [0.1, 0.15) is 5.75 Å². The number of aliphatic hydroxyl groups excluding tert-OH is 1. The number of para-hydroxylation sites is 1. The normalized spacial score (nSPS) is 15.2. The number of primary amides is 1. The molecule has 0 saturated heterocycles. The number of methoxy groups -OCH3 is 1. The fourth-order valence-corrected chi connectivity index (χ4v) is 4.33. The maximum absolute atomic E-state index is 13.0. The Kier molecular flexibility index (Phi) is 16.4. The number of hydrogen-bond acceptors (Lipinski definition) is 7. The molecule has 0 radical (unpaired) electrons. The molecule has 0 spiro atoms. The van der Waals surface area contributed by atoms with Crippen molar-refractivity contribution in [1.82, 2.24) is 10.6 Å². The van der Waals surface area contributed by atoms with Crippen molar-refractivity contribution in [2.75, 3.05) is 33.4 Å². The number of hydrogen-bond donors (Lipinski definition) is 5. The van der Waals surface area contributed by atoms with Crippen molar-refractivity contribution in [2.45, 2.75) is 72.4 Å². The smallest absolute Gasteiger partial charge is 0.255 e. The zero-order valence-electron chi connectivity index (χ0n) is 25.2. The van der Waals surface area contributed by atoms with Gasteiger partial charge in [0.05, 0.1) is 24.2 Å². The second kappa shape index (κ2) is 18.6. The topological polar surface area (TPSA) is 166 Å². The molecule has 228 valence electrons. The Hall–Kier alpha value is -2.69. The highest BCUT2D eigenvalue weighted by molar-refractivity contribution is 5.96. The Bertz CT molecular complexity index is 910. The predicted octanol–water partition coefficient (Wildman–Crippen LogP) is 2.47. The molecule has 0 bridgehead atoms. The molecule has 1 aromatic rings. The van der Waals surface area contributed by atoms with Gasteiger partial charge in [-0.1, -0.05) is 46.8 Å². The van der Waals surface area contributed by atoms with Gasteiger partial charge in [-0.15, -0.1) is 0 Å². The third kappa shape index (κ3) is 12.7. The Morgan fingerprint density at radius 2 is 1.57 bits per heavy atom. The fraction of sp³-hybridized carbons (Fsp3) is 0.700. The standard InChI is InChI=1S/C30H52N4O6/c1-19(2)22(18-34-29(37)23-11-7-8-12-27(23)40-14-10-9-13-39-6)15-25(31)26(35)16-24(20(3)4)30(38)33-17-21(5)28(32)36/h7-8,11-12,19-22,24-26,35H,9-10,13-18,31H2,1-6H3,(H2,32,36)(H,33,38)(H,34,37)/t21?,22-,24?,25-,26?/m0/s1. The minimum atomic E-state index is -0.907. The van der Waals surface area contributed by atoms with E-state index in [1.807, 2.05) is 19.9 Å². The van der Waals surface area contributed by atoms with Gasteiger partial charge in [0.15, 0.2) is 0 Å². The molecule has 0 saturated carbocycles. The average Bonchev–Trinajstić information content (AvgIpc) is 2.91. The largest absolute Gasteiger partial charge is 0.493 e. The Morgan fingerprint density at radius 3 is 2.17 bits per heavy atom. The average molecular weight is 565 g/mol. The molecule has 3 unspecified atom stereocenters. The number of rotatable bonds is 20. The molecule has 10 heteroatoms. The highest BCUT2D eigenvalue weighted by Gasteiger charge is 2.30. The summed E-state index contributed by atoms with van der Waals surface area (Å²) in [6.07, 6.45) is 1.47. The maximum Gasteiger partial charge on any atom is 0.255 e. The van der Waals surface area contributed by atoms with Gasteiger partial charge < -0.3 is 36.7 Å². The molecule has 0 fully saturated rings. The zero-order valence-corrected chi connectivity index (χ0v) is 25.2. The number of benzene rings is 1. The van der Waals surface area contributed by atoms with Gasteiger partial charge in [-0.05, 0) is 55.6 Å². The van der Waals surface area contributed by atoms with Crippen molar-refractivity contribution in [3.63, 3.8) is 0 Å². The molecule has 1 rings (SSSR count). The molecular formula is C30H52N4O6. The summed E-state index contributed by atoms with van der Waals surface area (Å²) < 4.78 is 10.9. The van der Waals surface area contributed by atoms with Crippen LogP contribution in [0.4, 0.5) is 0 Å². The lowest BCUT2D eigenvalue weighted by molar-refractivity contribution is -0.128. The van der Waals surface area contributed by atoms with Crippen molar-refractivity contribution < 1.29 is 29.0 Å². The molecule has 5 atom stereocenters. The summed E-state index contributed by atoms with van der Waals surface area (Å²) in [4.78, 5) is 37.1. The lowest BCUT2D eigenvalue weighted by Gasteiger charge is -2.30. The minimum Gasteiger partial charge on any atom is -0.493 e. The summed E-state index contributed by atoms with van der Waals surface area (Å²) in [6, 6.07) is 6.58. The second-order valence-electron chi connectivity index (χ2n) is 11.4. The van der Waals surface area contributed by atoms with Gasteiger partial charge in [-0.25, -0.2) is 0 Å². The summed E-state index contributed by atoms with van der Waals surface area (Å²) in [5, 5.41) is 16.7. The van der Waals surface area contributed by atoms with Gasteiger partial charge in [-0.2, -0.15) is 0 Å². The highest BCUT2D eigenvalue weighted by Crippen LogP contribution is 2.24. The van der Waals surface area contributed by atoms with E-state index < -0.39 is 29.9 Å². The third-order valence-corrected chi connectivity index (χ3v) is 7.37. The van der Waals surface area contributed by atoms with Gasteiger partial charge >= 0.3 is 0 Å². The zero-order chi connectivity index (χ0) is 30.2. The highest BCUT2D eigenvalue weighted by atomic mass is 16.5. The monoisotopic (exact) mass is 564 g/mol. The molecule has 3 amide bonds. The van der Waals surface area contributed by atoms with E-state index in [0.29, 0.717) is 37.5 Å². The minimum absolute atomic E-state index is 0.0125. The number of nitrogens with one attached hydrogen (secondary N) is 2. The molecule has 10 nitrogen and oxygen atoms in total. The first-order valence-corrected chi connectivity index (χ1v) is 14.4. The summed E-state index contributed by atoms with van der Waals surface area (Å²) in [6.45, 7) is 11.3. The van der Waals surface area contributed by atoms with Crippen LogP contribution in [0.2, 0.25) is 0 Å². The van der Waals surface area contributed by atoms with Gasteiger partial charge in [0, 0.05) is 38.8 Å². The first-order chi connectivity index (χ1) is 18.9. The van der Waals surface area contributed by atoms with Crippen LogP contribution in [0.1, 0.15) is 70.7 Å². The van der Waals surface area contributed by atoms with Crippen molar-refractivity contribution >= 4 is 17.7 Å². The Labute approximate surface area is 239 Å². The van der Waals surface area contributed by atoms with E-state index in [-0.39, 0.29) is 42.5 Å². The number of carbonyl (C=O) groups excluding carboxylic acids is 3. The van der Waals surface area contributed by atoms with Crippen LogP contribution >= 0.6 is 0 Å². The van der Waals surface area contributed by atoms with Crippen LogP contribution in [0.5, 0.6) is 5.75 Å². The first-order valence-electron chi connectivity index (χ1n) is 14.4. The van der Waals surface area contributed by atoms with Gasteiger partial charge in [0.25, 0.3) is 5.91 Å². The van der Waals surface area contributed by atoms with Crippen LogP contribution < -0.4 is 26.8 Å². The molecule has 0 aliphatic carbocycles. The molecule has 1 aromatic carbocycles. The SMILES string of the molecule is COCCCCOc1ccccc1C(=O)NC[C@H](C[C@H](N)C(O)CC(C(=O)NCC(C)C(N)=O)C(C)C)C(C)C. The van der Waals surface area contributed by atoms with Crippen molar-refractivity contribution in [1.29, 1.82) is 0 Å². The Balaban J connectivity index is 2.72. The van der Waals surface area contributed by atoms with E-state index in [4.69, 9.17) is 20.9 Å². The molecule has 0 aliphatic rings. The second-order valence-corrected chi connectivity index (χ2v) is 11.4. The van der Waals surface area contributed by atoms with Gasteiger partial charge in [-0.3, -0.25) is 14.4 Å². The first kappa shape index (κ1) is 35.3. The summed E-state index contributed by atoms with van der Waals surface area (Å²) in [5.41, 5.74) is 12.2. The molecule has 0 aliphatic heterocycles. The van der Waals surface area contributed by atoms with Crippen LogP contribution in [-0.4, -0.2) is 68.4 Å². The van der Waals surface area contributed by atoms with Crippen LogP contribution in [0, 0.1) is 29.6 Å². The van der Waals surface area contributed by atoms with Crippen LogP contribution in [-0.2, 0) is 14.3 Å². The molecule has 0 heterocycles. The number of nitrogens with two attached hydrogens (primary N) is 2. The van der Waals surface area contributed by atoms with E-state index in [1.165, 1.54) is 0 Å². The van der Waals surface area contributed by atoms with Gasteiger partial charge in [0.2, 0.25) is 11.8 Å². The predicted molar refractivity (Wildman–Crippen MR) is 157 cm³/mol. The number of unbranched alkanes of at least 4 members (excludes halogenated alkanes) is 1. The number of carbonyl (C=O) groups is 3. The summed E-state index contributed by atoms with van der Waals surface area (Å²) in [5.74, 6) is -1.18. The van der Waals surface area contributed by atoms with E-state index >= 15 is 0 Å². The van der Waals surface area contributed by atoms with E-state index in [1.54, 1.807) is 32.2 Å². The lowest BCUT2D eigenvalue weighted by Crippen LogP contribution is -2.45. The molecule has 0 aromatic heterocycles. The fourth-order valence-electron chi connectivity index (χ4n) is 4.33. The molecule has 7 N–H and O–H groups in total. The lowest BCUT2D eigenvalue weighted by atomic mass is 9.83. The van der Waals surface area contributed by atoms with Crippen molar-refractivity contribution in [3.8, 4) is 5.75 Å². The van der Waals surface area contributed by atoms with Crippen LogP contribution in [0.15, 0.2) is 24.3 Å². The van der Waals surface area contributed by atoms with Crippen molar-refractivity contribution in [2.24, 2.45) is 41.1 Å². The number of amides is 3. The maximum atomic E-state index is 13.0. The van der Waals surface area contributed by atoms with Crippen LogP contribution in [0.3, 0.4) is 0 Å². The summed E-state index contributed by atoms with van der Waals surface area (Å²) >= 11 is 0. The number of aliphatic hydroxyl groups is 1. The van der Waals surface area contributed by atoms with E-state index in [9.17, 15) is 19.5 Å².